The first kappa shape index (κ1) is 23.5. The van der Waals surface area contributed by atoms with Crippen LogP contribution in [-0.4, -0.2) is 43.9 Å². The summed E-state index contributed by atoms with van der Waals surface area (Å²) in [5, 5.41) is 3.63. The van der Waals surface area contributed by atoms with Gasteiger partial charge >= 0.3 is 0 Å². The lowest BCUT2D eigenvalue weighted by molar-refractivity contribution is 0.384. The molecule has 1 saturated heterocycles. The van der Waals surface area contributed by atoms with Crippen molar-refractivity contribution in [2.24, 2.45) is 0 Å². The normalized spacial score (nSPS) is 15.3. The maximum absolute atomic E-state index is 13.1. The summed E-state index contributed by atoms with van der Waals surface area (Å²) in [6.45, 7) is 5.86. The number of hydrogen-bond donors (Lipinski definition) is 0. The zero-order chi connectivity index (χ0) is 22.9. The van der Waals surface area contributed by atoms with Gasteiger partial charge in [-0.3, -0.25) is 0 Å². The van der Waals surface area contributed by atoms with E-state index in [4.69, 9.17) is 28.2 Å². The maximum atomic E-state index is 13.1. The molecule has 0 bridgehead atoms. The SMILES string of the molecule is CCc1ccc(Cc2csc(N3CCN(S(=O)(=O)c4cc(C)c(Cl)cc4Cl)CC3)n2)cc1. The molecule has 0 aliphatic carbocycles. The number of anilines is 1. The second-order valence-electron chi connectivity index (χ2n) is 7.89. The molecule has 3 aromatic rings. The zero-order valence-electron chi connectivity index (χ0n) is 18.0. The van der Waals surface area contributed by atoms with Gasteiger partial charge in [0.15, 0.2) is 5.13 Å². The lowest BCUT2D eigenvalue weighted by Gasteiger charge is -2.34. The van der Waals surface area contributed by atoms with E-state index in [1.807, 2.05) is 0 Å². The lowest BCUT2D eigenvalue weighted by atomic mass is 10.1. The highest BCUT2D eigenvalue weighted by molar-refractivity contribution is 7.89. The Hall–Kier alpha value is -1.64. The lowest BCUT2D eigenvalue weighted by Crippen LogP contribution is -2.48. The summed E-state index contributed by atoms with van der Waals surface area (Å²) in [6.07, 6.45) is 1.83. The van der Waals surface area contributed by atoms with Crippen molar-refractivity contribution in [3.63, 3.8) is 0 Å². The van der Waals surface area contributed by atoms with Crippen LogP contribution in [0.15, 0.2) is 46.7 Å². The molecule has 0 amide bonds. The Kier molecular flexibility index (Phi) is 7.12. The first-order valence-electron chi connectivity index (χ1n) is 10.5. The topological polar surface area (TPSA) is 53.5 Å². The number of nitrogens with zero attached hydrogens (tertiary/aromatic N) is 3. The fourth-order valence-corrected chi connectivity index (χ4v) is 6.82. The molecule has 0 unspecified atom stereocenters. The number of sulfonamides is 1. The van der Waals surface area contributed by atoms with Crippen LogP contribution in [0.4, 0.5) is 5.13 Å². The van der Waals surface area contributed by atoms with Gasteiger partial charge in [0.25, 0.3) is 0 Å². The zero-order valence-corrected chi connectivity index (χ0v) is 21.2. The van der Waals surface area contributed by atoms with Crippen LogP contribution in [0, 0.1) is 6.92 Å². The molecule has 1 aliphatic rings. The smallest absolute Gasteiger partial charge is 0.244 e. The summed E-state index contributed by atoms with van der Waals surface area (Å²) in [7, 11) is -3.68. The Morgan fingerprint density at radius 3 is 2.31 bits per heavy atom. The number of thiazole rings is 1. The third-order valence-electron chi connectivity index (χ3n) is 5.70. The van der Waals surface area contributed by atoms with Crippen molar-refractivity contribution < 1.29 is 8.42 Å². The van der Waals surface area contributed by atoms with Gasteiger partial charge in [0.2, 0.25) is 10.0 Å². The number of aromatic nitrogens is 1. The molecule has 1 aromatic heterocycles. The van der Waals surface area contributed by atoms with Crippen molar-refractivity contribution in [3.05, 3.63) is 74.2 Å². The van der Waals surface area contributed by atoms with E-state index >= 15 is 0 Å². The number of hydrogen-bond acceptors (Lipinski definition) is 5. The third-order valence-corrected chi connectivity index (χ3v) is 9.42. The molecule has 2 heterocycles. The summed E-state index contributed by atoms with van der Waals surface area (Å²) >= 11 is 13.9. The van der Waals surface area contributed by atoms with Gasteiger partial charge in [-0.2, -0.15) is 4.31 Å². The van der Waals surface area contributed by atoms with Gasteiger partial charge in [-0.25, -0.2) is 13.4 Å². The summed E-state index contributed by atoms with van der Waals surface area (Å²) in [6, 6.07) is 11.7. The molecule has 0 radical (unpaired) electrons. The highest BCUT2D eigenvalue weighted by atomic mass is 35.5. The van der Waals surface area contributed by atoms with E-state index in [2.05, 4.69) is 41.5 Å². The number of aryl methyl sites for hydroxylation is 2. The van der Waals surface area contributed by atoms with Crippen molar-refractivity contribution in [1.29, 1.82) is 0 Å². The molecule has 0 spiro atoms. The Morgan fingerprint density at radius 2 is 1.66 bits per heavy atom. The van der Waals surface area contributed by atoms with Gasteiger partial charge in [-0.05, 0) is 42.2 Å². The fraction of sp³-hybridized carbons (Fsp3) is 0.348. The Bertz CT molecular complexity index is 1200. The number of rotatable bonds is 6. The van der Waals surface area contributed by atoms with Crippen LogP contribution < -0.4 is 4.90 Å². The molecule has 170 valence electrons. The van der Waals surface area contributed by atoms with Gasteiger partial charge in [-0.15, -0.1) is 11.3 Å². The Morgan fingerprint density at radius 1 is 1.00 bits per heavy atom. The molecule has 1 fully saturated rings. The molecule has 5 nitrogen and oxygen atoms in total. The second kappa shape index (κ2) is 9.69. The van der Waals surface area contributed by atoms with Gasteiger partial charge < -0.3 is 4.90 Å². The minimum atomic E-state index is -3.68. The molecule has 0 saturated carbocycles. The fourth-order valence-electron chi connectivity index (χ4n) is 3.71. The number of benzene rings is 2. The third kappa shape index (κ3) is 4.97. The van der Waals surface area contributed by atoms with Crippen molar-refractivity contribution in [2.45, 2.75) is 31.6 Å². The predicted molar refractivity (Wildman–Crippen MR) is 133 cm³/mol. The summed E-state index contributed by atoms with van der Waals surface area (Å²) in [5.74, 6) is 0. The van der Waals surface area contributed by atoms with Crippen LogP contribution in [0.2, 0.25) is 10.0 Å². The molecular weight excluding hydrogens is 485 g/mol. The van der Waals surface area contributed by atoms with Crippen molar-refractivity contribution in [1.82, 2.24) is 9.29 Å². The van der Waals surface area contributed by atoms with Crippen LogP contribution in [0.25, 0.3) is 0 Å². The van der Waals surface area contributed by atoms with Crippen LogP contribution >= 0.6 is 34.5 Å². The standard InChI is InChI=1S/C23H25Cl2N3O2S2/c1-3-17-4-6-18(7-5-17)13-19-15-31-23(26-19)27-8-10-28(11-9-27)32(29,30)22-12-16(2)20(24)14-21(22)25/h4-7,12,14-15H,3,8-11,13H2,1-2H3. The van der Waals surface area contributed by atoms with Gasteiger partial charge in [-0.1, -0.05) is 54.4 Å². The van der Waals surface area contributed by atoms with Crippen LogP contribution in [0.5, 0.6) is 0 Å². The average molecular weight is 511 g/mol. The van der Waals surface area contributed by atoms with E-state index in [1.54, 1.807) is 24.3 Å². The quantitative estimate of drug-likeness (QED) is 0.444. The summed E-state index contributed by atoms with van der Waals surface area (Å²) in [4.78, 5) is 7.05. The van der Waals surface area contributed by atoms with Crippen molar-refractivity contribution >= 4 is 49.7 Å². The number of piperazine rings is 1. The van der Waals surface area contributed by atoms with E-state index in [0.717, 1.165) is 23.7 Å². The largest absolute Gasteiger partial charge is 0.345 e. The van der Waals surface area contributed by atoms with E-state index in [1.165, 1.54) is 21.5 Å². The highest BCUT2D eigenvalue weighted by Crippen LogP contribution is 2.31. The Balaban J connectivity index is 1.41. The van der Waals surface area contributed by atoms with Crippen LogP contribution in [0.3, 0.4) is 0 Å². The van der Waals surface area contributed by atoms with Crippen molar-refractivity contribution in [3.8, 4) is 0 Å². The van der Waals surface area contributed by atoms with Gasteiger partial charge in [0.1, 0.15) is 4.90 Å². The monoisotopic (exact) mass is 509 g/mol. The molecule has 2 aromatic carbocycles. The minimum absolute atomic E-state index is 0.111. The molecule has 9 heteroatoms. The Labute approximate surface area is 203 Å². The van der Waals surface area contributed by atoms with E-state index in [0.29, 0.717) is 36.8 Å². The highest BCUT2D eigenvalue weighted by Gasteiger charge is 2.31. The molecule has 0 N–H and O–H groups in total. The molecular formula is C23H25Cl2N3O2S2. The first-order chi connectivity index (χ1) is 15.3. The van der Waals surface area contributed by atoms with E-state index < -0.39 is 10.0 Å². The van der Waals surface area contributed by atoms with Crippen molar-refractivity contribution in [2.75, 3.05) is 31.1 Å². The summed E-state index contributed by atoms with van der Waals surface area (Å²) in [5.41, 5.74) is 4.29. The average Bonchev–Trinajstić information content (AvgIpc) is 3.25. The van der Waals surface area contributed by atoms with Crippen LogP contribution in [0.1, 0.15) is 29.3 Å². The maximum Gasteiger partial charge on any atom is 0.244 e. The minimum Gasteiger partial charge on any atom is -0.345 e. The van der Waals surface area contributed by atoms with Gasteiger partial charge in [0, 0.05) is 43.0 Å². The summed E-state index contributed by atoms with van der Waals surface area (Å²) < 4.78 is 27.8. The molecule has 1 aliphatic heterocycles. The molecule has 4 rings (SSSR count). The second-order valence-corrected chi connectivity index (χ2v) is 11.4. The number of halogens is 2. The van der Waals surface area contributed by atoms with Crippen LogP contribution in [-0.2, 0) is 22.9 Å². The predicted octanol–water partition coefficient (Wildman–Crippen LogP) is 5.42. The first-order valence-corrected chi connectivity index (χ1v) is 13.6. The van der Waals surface area contributed by atoms with E-state index in [-0.39, 0.29) is 9.92 Å². The molecule has 0 atom stereocenters. The molecule has 32 heavy (non-hydrogen) atoms. The van der Waals surface area contributed by atoms with E-state index in [9.17, 15) is 8.42 Å². The van der Waals surface area contributed by atoms with Gasteiger partial charge in [0.05, 0.1) is 10.7 Å².